The van der Waals surface area contributed by atoms with Gasteiger partial charge in [0.25, 0.3) is 0 Å². The normalized spacial score (nSPS) is 18.2. The van der Waals surface area contributed by atoms with Crippen LogP contribution in [0.15, 0.2) is 29.0 Å². The monoisotopic (exact) mass is 219 g/mol. The van der Waals surface area contributed by atoms with E-state index in [-0.39, 0.29) is 13.2 Å². The molecule has 0 aliphatic carbocycles. The SMILES string of the molecule is O=C(O)C1(c2ccc3ncoc3c2)COC1. The van der Waals surface area contributed by atoms with Gasteiger partial charge in [0.15, 0.2) is 12.0 Å². The number of rotatable bonds is 2. The van der Waals surface area contributed by atoms with Crippen molar-refractivity contribution < 1.29 is 19.1 Å². The second-order valence-corrected chi connectivity index (χ2v) is 3.91. The Labute approximate surface area is 90.7 Å². The van der Waals surface area contributed by atoms with Gasteiger partial charge in [0.1, 0.15) is 10.9 Å². The predicted molar refractivity (Wildman–Crippen MR) is 54.1 cm³/mol. The van der Waals surface area contributed by atoms with Crippen LogP contribution in [0.4, 0.5) is 0 Å². The molecule has 1 aromatic heterocycles. The largest absolute Gasteiger partial charge is 0.480 e. The van der Waals surface area contributed by atoms with E-state index in [1.807, 2.05) is 0 Å². The summed E-state index contributed by atoms with van der Waals surface area (Å²) in [5, 5.41) is 9.23. The van der Waals surface area contributed by atoms with E-state index in [2.05, 4.69) is 4.98 Å². The van der Waals surface area contributed by atoms with Crippen molar-refractivity contribution >= 4 is 17.1 Å². The Kier molecular flexibility index (Phi) is 1.79. The predicted octanol–water partition coefficient (Wildman–Crippen LogP) is 1.18. The molecule has 1 aliphatic rings. The van der Waals surface area contributed by atoms with Crippen LogP contribution < -0.4 is 0 Å². The summed E-state index contributed by atoms with van der Waals surface area (Å²) >= 11 is 0. The summed E-state index contributed by atoms with van der Waals surface area (Å²) in [6.45, 7) is 0.421. The van der Waals surface area contributed by atoms with Crippen LogP contribution in [0.5, 0.6) is 0 Å². The summed E-state index contributed by atoms with van der Waals surface area (Å²) in [4.78, 5) is 15.2. The highest BCUT2D eigenvalue weighted by atomic mass is 16.5. The number of hydrogen-bond acceptors (Lipinski definition) is 4. The number of aromatic nitrogens is 1. The third-order valence-corrected chi connectivity index (χ3v) is 2.99. The van der Waals surface area contributed by atoms with Crippen molar-refractivity contribution in [2.45, 2.75) is 5.41 Å². The van der Waals surface area contributed by atoms with E-state index < -0.39 is 11.4 Å². The van der Waals surface area contributed by atoms with Gasteiger partial charge in [0, 0.05) is 0 Å². The molecule has 0 radical (unpaired) electrons. The van der Waals surface area contributed by atoms with Crippen molar-refractivity contribution in [1.29, 1.82) is 0 Å². The molecule has 0 saturated carbocycles. The summed E-state index contributed by atoms with van der Waals surface area (Å²) in [6.07, 6.45) is 1.35. The molecule has 5 heteroatoms. The first-order valence-electron chi connectivity index (χ1n) is 4.87. The van der Waals surface area contributed by atoms with E-state index in [0.717, 1.165) is 5.52 Å². The molecule has 0 bridgehead atoms. The van der Waals surface area contributed by atoms with Gasteiger partial charge in [-0.15, -0.1) is 0 Å². The lowest BCUT2D eigenvalue weighted by Crippen LogP contribution is -2.53. The molecule has 0 atom stereocenters. The molecule has 0 amide bonds. The van der Waals surface area contributed by atoms with Gasteiger partial charge in [0.05, 0.1) is 13.2 Å². The minimum Gasteiger partial charge on any atom is -0.480 e. The molecule has 0 unspecified atom stereocenters. The van der Waals surface area contributed by atoms with Gasteiger partial charge in [-0.25, -0.2) is 4.98 Å². The third-order valence-electron chi connectivity index (χ3n) is 2.99. The van der Waals surface area contributed by atoms with Gasteiger partial charge in [-0.1, -0.05) is 6.07 Å². The Bertz CT molecular complexity index is 556. The van der Waals surface area contributed by atoms with E-state index >= 15 is 0 Å². The number of ether oxygens (including phenoxy) is 1. The molecular formula is C11H9NO4. The van der Waals surface area contributed by atoms with Crippen molar-refractivity contribution in [1.82, 2.24) is 4.98 Å². The Morgan fingerprint density at radius 3 is 2.88 bits per heavy atom. The van der Waals surface area contributed by atoms with Gasteiger partial charge in [0.2, 0.25) is 0 Å². The summed E-state index contributed by atoms with van der Waals surface area (Å²) in [5.74, 6) is -0.863. The summed E-state index contributed by atoms with van der Waals surface area (Å²) in [6, 6.07) is 5.25. The fourth-order valence-electron chi connectivity index (χ4n) is 1.87. The van der Waals surface area contributed by atoms with E-state index in [0.29, 0.717) is 11.1 Å². The molecular weight excluding hydrogens is 210 g/mol. The quantitative estimate of drug-likeness (QED) is 0.821. The van der Waals surface area contributed by atoms with Crippen LogP contribution in [-0.2, 0) is 14.9 Å². The minimum absolute atomic E-state index is 0.210. The lowest BCUT2D eigenvalue weighted by atomic mass is 9.79. The fraction of sp³-hybridized carbons (Fsp3) is 0.273. The molecule has 1 saturated heterocycles. The van der Waals surface area contributed by atoms with E-state index in [4.69, 9.17) is 9.15 Å². The topological polar surface area (TPSA) is 72.6 Å². The Morgan fingerprint density at radius 1 is 1.44 bits per heavy atom. The molecule has 2 heterocycles. The lowest BCUT2D eigenvalue weighted by molar-refractivity contribution is -0.163. The molecule has 82 valence electrons. The number of benzene rings is 1. The van der Waals surface area contributed by atoms with Gasteiger partial charge in [-0.3, -0.25) is 4.79 Å². The Hall–Kier alpha value is -1.88. The van der Waals surface area contributed by atoms with Gasteiger partial charge < -0.3 is 14.3 Å². The maximum absolute atomic E-state index is 11.3. The smallest absolute Gasteiger partial charge is 0.318 e. The number of carboxylic acid groups (broad SMARTS) is 1. The Morgan fingerprint density at radius 2 is 2.25 bits per heavy atom. The zero-order chi connectivity index (χ0) is 11.2. The van der Waals surface area contributed by atoms with Gasteiger partial charge >= 0.3 is 5.97 Å². The van der Waals surface area contributed by atoms with Crippen LogP contribution in [0.1, 0.15) is 5.56 Å². The molecule has 5 nitrogen and oxygen atoms in total. The van der Waals surface area contributed by atoms with E-state index in [9.17, 15) is 9.90 Å². The molecule has 3 rings (SSSR count). The van der Waals surface area contributed by atoms with Crippen LogP contribution >= 0.6 is 0 Å². The fourth-order valence-corrected chi connectivity index (χ4v) is 1.87. The van der Waals surface area contributed by atoms with Crippen molar-refractivity contribution in [2.24, 2.45) is 0 Å². The van der Waals surface area contributed by atoms with E-state index in [1.54, 1.807) is 18.2 Å². The van der Waals surface area contributed by atoms with E-state index in [1.165, 1.54) is 6.39 Å². The van der Waals surface area contributed by atoms with Gasteiger partial charge in [-0.05, 0) is 17.7 Å². The van der Waals surface area contributed by atoms with Gasteiger partial charge in [-0.2, -0.15) is 0 Å². The highest BCUT2D eigenvalue weighted by Crippen LogP contribution is 2.34. The minimum atomic E-state index is -0.916. The lowest BCUT2D eigenvalue weighted by Gasteiger charge is -2.37. The molecule has 1 N–H and O–H groups in total. The molecule has 16 heavy (non-hydrogen) atoms. The van der Waals surface area contributed by atoms with Crippen LogP contribution in [0, 0.1) is 0 Å². The number of fused-ring (bicyclic) bond motifs is 1. The average molecular weight is 219 g/mol. The second kappa shape index (κ2) is 3.05. The number of carboxylic acids is 1. The van der Waals surface area contributed by atoms with Crippen molar-refractivity contribution in [3.8, 4) is 0 Å². The van der Waals surface area contributed by atoms with Crippen molar-refractivity contribution in [2.75, 3.05) is 13.2 Å². The number of carbonyl (C=O) groups is 1. The summed E-state index contributed by atoms with van der Waals surface area (Å²) in [7, 11) is 0. The summed E-state index contributed by atoms with van der Waals surface area (Å²) in [5.41, 5.74) is 1.12. The highest BCUT2D eigenvalue weighted by Gasteiger charge is 2.48. The number of nitrogens with zero attached hydrogens (tertiary/aromatic N) is 1. The zero-order valence-electron chi connectivity index (χ0n) is 8.34. The summed E-state index contributed by atoms with van der Waals surface area (Å²) < 4.78 is 10.2. The van der Waals surface area contributed by atoms with Crippen LogP contribution in [-0.4, -0.2) is 29.3 Å². The van der Waals surface area contributed by atoms with Crippen LogP contribution in [0.3, 0.4) is 0 Å². The molecule has 1 aromatic carbocycles. The maximum Gasteiger partial charge on any atom is 0.318 e. The standard InChI is InChI=1S/C11H9NO4/c13-10(14)11(4-15-5-11)7-1-2-8-9(3-7)16-6-12-8/h1-3,6H,4-5H2,(H,13,14). The first-order chi connectivity index (χ1) is 7.72. The molecule has 1 aliphatic heterocycles. The number of oxazole rings is 1. The number of aliphatic carboxylic acids is 1. The molecule has 1 fully saturated rings. The maximum atomic E-state index is 11.3. The zero-order valence-corrected chi connectivity index (χ0v) is 8.34. The van der Waals surface area contributed by atoms with Crippen LogP contribution in [0.25, 0.3) is 11.1 Å². The second-order valence-electron chi connectivity index (χ2n) is 3.91. The molecule has 0 spiro atoms. The van der Waals surface area contributed by atoms with Crippen molar-refractivity contribution in [3.05, 3.63) is 30.2 Å². The first kappa shape index (κ1) is 9.35. The third kappa shape index (κ3) is 1.09. The average Bonchev–Trinajstić information content (AvgIpc) is 2.62. The Balaban J connectivity index is 2.14. The van der Waals surface area contributed by atoms with Crippen LogP contribution in [0.2, 0.25) is 0 Å². The highest BCUT2D eigenvalue weighted by molar-refractivity contribution is 5.85. The number of hydrogen-bond donors (Lipinski definition) is 1. The molecule has 2 aromatic rings. The van der Waals surface area contributed by atoms with Crippen molar-refractivity contribution in [3.63, 3.8) is 0 Å². The first-order valence-corrected chi connectivity index (χ1v) is 4.87.